The van der Waals surface area contributed by atoms with E-state index in [2.05, 4.69) is 33.2 Å². The second-order valence-electron chi connectivity index (χ2n) is 11.1. The normalized spacial score (nSPS) is 13.3. The lowest BCUT2D eigenvalue weighted by Gasteiger charge is -2.23. The molecule has 2 rings (SSSR count). The number of carbonyl (C=O) groups excluding carboxylic acids is 4. The highest BCUT2D eigenvalue weighted by molar-refractivity contribution is 5.95. The fourth-order valence-corrected chi connectivity index (χ4v) is 4.68. The number of hydrogen-bond acceptors (Lipinski definition) is 5. The molecule has 3 atom stereocenters. The van der Waals surface area contributed by atoms with Crippen LogP contribution in [-0.4, -0.2) is 63.9 Å². The molecule has 0 saturated heterocycles. The number of amides is 4. The van der Waals surface area contributed by atoms with Crippen LogP contribution >= 0.6 is 0 Å². The maximum atomic E-state index is 13.4. The number of aromatic nitrogens is 1. The van der Waals surface area contributed by atoms with Gasteiger partial charge in [-0.2, -0.15) is 0 Å². The number of carboxylic acids is 1. The molecule has 0 bridgehead atoms. The molecule has 1 aromatic carbocycles. The molecule has 0 spiro atoms. The summed E-state index contributed by atoms with van der Waals surface area (Å²) in [4.78, 5) is 66.0. The molecular formula is C31H47N5O6. The Morgan fingerprint density at radius 2 is 1.43 bits per heavy atom. The molecule has 232 valence electrons. The summed E-state index contributed by atoms with van der Waals surface area (Å²) in [6.45, 7) is 7.05. The first-order valence-electron chi connectivity index (χ1n) is 15.0. The Balaban J connectivity index is 2.07. The SMILES string of the molecule is CCCCCCCCCC(=O)NC(Cc1c[nH]c2ccccc12)C(=O)NC(C)C(=O)NC(CC(=O)O)C(=O)NC(C)C. The number of unbranched alkanes of at least 4 members (excludes halogenated alkanes) is 6. The first-order chi connectivity index (χ1) is 20.0. The third kappa shape index (κ3) is 11.9. The number of fused-ring (bicyclic) bond motifs is 1. The lowest BCUT2D eigenvalue weighted by Crippen LogP contribution is -2.56. The number of aromatic amines is 1. The van der Waals surface area contributed by atoms with Crippen molar-refractivity contribution in [3.05, 3.63) is 36.0 Å². The van der Waals surface area contributed by atoms with Gasteiger partial charge >= 0.3 is 5.97 Å². The van der Waals surface area contributed by atoms with Crippen molar-refractivity contribution in [1.29, 1.82) is 0 Å². The van der Waals surface area contributed by atoms with Gasteiger partial charge in [0.25, 0.3) is 0 Å². The van der Waals surface area contributed by atoms with Crippen LogP contribution in [0.1, 0.15) is 91.0 Å². The van der Waals surface area contributed by atoms with Crippen LogP contribution in [0.3, 0.4) is 0 Å². The van der Waals surface area contributed by atoms with E-state index in [1.54, 1.807) is 20.0 Å². The van der Waals surface area contributed by atoms with E-state index >= 15 is 0 Å². The molecular weight excluding hydrogens is 538 g/mol. The molecule has 0 aliphatic rings. The fraction of sp³-hybridized carbons (Fsp3) is 0.581. The molecule has 0 saturated carbocycles. The van der Waals surface area contributed by atoms with E-state index in [9.17, 15) is 29.1 Å². The summed E-state index contributed by atoms with van der Waals surface area (Å²) in [7, 11) is 0. The van der Waals surface area contributed by atoms with Crippen LogP contribution in [0.5, 0.6) is 0 Å². The average molecular weight is 586 g/mol. The van der Waals surface area contributed by atoms with Crippen LogP contribution in [-0.2, 0) is 30.4 Å². The van der Waals surface area contributed by atoms with E-state index < -0.39 is 48.2 Å². The van der Waals surface area contributed by atoms with Gasteiger partial charge in [-0.1, -0.05) is 63.6 Å². The van der Waals surface area contributed by atoms with E-state index in [1.807, 2.05) is 24.3 Å². The zero-order chi connectivity index (χ0) is 31.1. The van der Waals surface area contributed by atoms with Gasteiger partial charge in [0.2, 0.25) is 23.6 Å². The monoisotopic (exact) mass is 585 g/mol. The smallest absolute Gasteiger partial charge is 0.305 e. The second-order valence-corrected chi connectivity index (χ2v) is 11.1. The van der Waals surface area contributed by atoms with E-state index in [-0.39, 0.29) is 18.4 Å². The molecule has 11 heteroatoms. The largest absolute Gasteiger partial charge is 0.481 e. The average Bonchev–Trinajstić information content (AvgIpc) is 3.33. The number of hydrogen-bond donors (Lipinski definition) is 6. The van der Waals surface area contributed by atoms with Crippen molar-refractivity contribution in [2.75, 3.05) is 0 Å². The van der Waals surface area contributed by atoms with Crippen LogP contribution in [0.25, 0.3) is 10.9 Å². The Labute approximate surface area is 248 Å². The van der Waals surface area contributed by atoms with Gasteiger partial charge < -0.3 is 31.4 Å². The van der Waals surface area contributed by atoms with Gasteiger partial charge in [0, 0.05) is 36.0 Å². The summed E-state index contributed by atoms with van der Waals surface area (Å²) >= 11 is 0. The van der Waals surface area contributed by atoms with Crippen LogP contribution in [0, 0.1) is 0 Å². The summed E-state index contributed by atoms with van der Waals surface area (Å²) in [5, 5.41) is 20.6. The predicted octanol–water partition coefficient (Wildman–Crippen LogP) is 3.32. The first-order valence-corrected chi connectivity index (χ1v) is 15.0. The second kappa shape index (κ2) is 17.8. The maximum absolute atomic E-state index is 13.4. The minimum atomic E-state index is -1.31. The molecule has 6 N–H and O–H groups in total. The summed E-state index contributed by atoms with van der Waals surface area (Å²) in [5.74, 6) is -3.40. The minimum Gasteiger partial charge on any atom is -0.481 e. The van der Waals surface area contributed by atoms with Crippen molar-refractivity contribution in [2.24, 2.45) is 0 Å². The Morgan fingerprint density at radius 3 is 2.10 bits per heavy atom. The van der Waals surface area contributed by atoms with Crippen molar-refractivity contribution in [2.45, 2.75) is 116 Å². The fourth-order valence-electron chi connectivity index (χ4n) is 4.68. The number of carbonyl (C=O) groups is 5. The van der Waals surface area contributed by atoms with Crippen molar-refractivity contribution >= 4 is 40.5 Å². The third-order valence-electron chi connectivity index (χ3n) is 6.95. The van der Waals surface area contributed by atoms with Gasteiger partial charge in [0.15, 0.2) is 0 Å². The van der Waals surface area contributed by atoms with Crippen molar-refractivity contribution in [3.63, 3.8) is 0 Å². The lowest BCUT2D eigenvalue weighted by atomic mass is 10.0. The summed E-state index contributed by atoms with van der Waals surface area (Å²) in [6, 6.07) is 4.04. The highest BCUT2D eigenvalue weighted by Crippen LogP contribution is 2.19. The topological polar surface area (TPSA) is 169 Å². The van der Waals surface area contributed by atoms with Crippen LogP contribution in [0.4, 0.5) is 0 Å². The standard InChI is InChI=1S/C31H47N5O6/c1-5-6-7-8-9-10-11-16-27(37)35-25(17-22-19-32-24-15-13-12-14-23(22)24)31(42)34-21(4)29(40)36-26(18-28(38)39)30(41)33-20(2)3/h12-15,19-21,25-26,32H,5-11,16-18H2,1-4H3,(H,33,41)(H,34,42)(H,35,37)(H,36,40)(H,38,39). The van der Waals surface area contributed by atoms with Crippen molar-refractivity contribution in [3.8, 4) is 0 Å². The van der Waals surface area contributed by atoms with Crippen molar-refractivity contribution < 1.29 is 29.1 Å². The number of aliphatic carboxylic acids is 1. The molecule has 42 heavy (non-hydrogen) atoms. The van der Waals surface area contributed by atoms with Crippen LogP contribution in [0.2, 0.25) is 0 Å². The van der Waals surface area contributed by atoms with Gasteiger partial charge in [-0.15, -0.1) is 0 Å². The van der Waals surface area contributed by atoms with Gasteiger partial charge in [0.1, 0.15) is 18.1 Å². The minimum absolute atomic E-state index is 0.200. The number of carboxylic acid groups (broad SMARTS) is 1. The predicted molar refractivity (Wildman–Crippen MR) is 162 cm³/mol. The summed E-state index contributed by atoms with van der Waals surface area (Å²) in [6.07, 6.45) is 9.15. The molecule has 0 radical (unpaired) electrons. The molecule has 2 aromatic rings. The maximum Gasteiger partial charge on any atom is 0.305 e. The summed E-state index contributed by atoms with van der Waals surface area (Å²) in [5.41, 5.74) is 1.74. The van der Waals surface area contributed by atoms with Crippen LogP contribution in [0.15, 0.2) is 30.5 Å². The molecule has 0 aliphatic heterocycles. The van der Waals surface area contributed by atoms with Gasteiger partial charge in [-0.25, -0.2) is 0 Å². The first kappa shape index (κ1) is 34.3. The number of benzene rings is 1. The molecule has 1 heterocycles. The third-order valence-corrected chi connectivity index (χ3v) is 6.95. The van der Waals surface area contributed by atoms with E-state index in [0.29, 0.717) is 6.42 Å². The Kier molecular flexibility index (Phi) is 14.6. The zero-order valence-electron chi connectivity index (χ0n) is 25.3. The Bertz CT molecular complexity index is 1190. The molecule has 0 fully saturated rings. The number of para-hydroxylation sites is 1. The van der Waals surface area contributed by atoms with E-state index in [1.165, 1.54) is 26.2 Å². The zero-order valence-corrected chi connectivity index (χ0v) is 25.3. The van der Waals surface area contributed by atoms with Gasteiger partial charge in [-0.3, -0.25) is 24.0 Å². The molecule has 11 nitrogen and oxygen atoms in total. The van der Waals surface area contributed by atoms with Gasteiger partial charge in [0.05, 0.1) is 6.42 Å². The Hall–Kier alpha value is -3.89. The molecule has 0 aliphatic carbocycles. The van der Waals surface area contributed by atoms with Crippen LogP contribution < -0.4 is 21.3 Å². The lowest BCUT2D eigenvalue weighted by molar-refractivity contribution is -0.141. The van der Waals surface area contributed by atoms with E-state index in [0.717, 1.165) is 42.1 Å². The van der Waals surface area contributed by atoms with Gasteiger partial charge in [-0.05, 0) is 38.8 Å². The van der Waals surface area contributed by atoms with Crippen molar-refractivity contribution in [1.82, 2.24) is 26.3 Å². The quantitative estimate of drug-likeness (QED) is 0.138. The highest BCUT2D eigenvalue weighted by atomic mass is 16.4. The number of nitrogens with one attached hydrogen (secondary N) is 5. The highest BCUT2D eigenvalue weighted by Gasteiger charge is 2.29. The molecule has 1 aromatic heterocycles. The summed E-state index contributed by atoms with van der Waals surface area (Å²) < 4.78 is 0. The molecule has 4 amide bonds. The number of rotatable bonds is 19. The number of H-pyrrole nitrogens is 1. The molecule has 3 unspecified atom stereocenters. The van der Waals surface area contributed by atoms with E-state index in [4.69, 9.17) is 0 Å². The Morgan fingerprint density at radius 1 is 0.786 bits per heavy atom.